The quantitative estimate of drug-likeness (QED) is 0.907. The topological polar surface area (TPSA) is 65.6 Å². The van der Waals surface area contributed by atoms with E-state index in [-0.39, 0.29) is 12.6 Å². The summed E-state index contributed by atoms with van der Waals surface area (Å²) in [6, 6.07) is 4.19. The van der Waals surface area contributed by atoms with Crippen LogP contribution in [0, 0.1) is 13.8 Å². The van der Waals surface area contributed by atoms with Gasteiger partial charge in [-0.15, -0.1) is 0 Å². The summed E-state index contributed by atoms with van der Waals surface area (Å²) in [5, 5.41) is 9.42. The van der Waals surface area contributed by atoms with E-state index >= 15 is 0 Å². The Morgan fingerprint density at radius 1 is 1.35 bits per heavy atom. The van der Waals surface area contributed by atoms with Crippen molar-refractivity contribution in [1.29, 1.82) is 0 Å². The van der Waals surface area contributed by atoms with Crippen LogP contribution in [0.5, 0.6) is 0 Å². The highest BCUT2D eigenvalue weighted by molar-refractivity contribution is 5.44. The molecule has 3 rings (SSSR count). The lowest BCUT2D eigenvalue weighted by atomic mass is 10.1. The standard InChI is InChI=1S/C17H24N4O2/c1-13-10-18-14(2)17(19-13)21-7-6-20(15(11-21)5-8-22)12-16-4-3-9-23-16/h3-4,9-10,15,22H,5-8,11-12H2,1-2H3. The highest BCUT2D eigenvalue weighted by atomic mass is 16.3. The van der Waals surface area contributed by atoms with Gasteiger partial charge in [0.1, 0.15) is 11.6 Å². The van der Waals surface area contributed by atoms with Gasteiger partial charge in [-0.05, 0) is 32.4 Å². The van der Waals surface area contributed by atoms with Crippen molar-refractivity contribution < 1.29 is 9.52 Å². The Hall–Kier alpha value is -1.92. The summed E-state index contributed by atoms with van der Waals surface area (Å²) < 4.78 is 5.47. The maximum atomic E-state index is 9.42. The molecule has 2 aromatic rings. The number of nitrogens with zero attached hydrogens (tertiary/aromatic N) is 4. The Bertz CT molecular complexity index is 630. The molecule has 0 spiro atoms. The largest absolute Gasteiger partial charge is 0.468 e. The van der Waals surface area contributed by atoms with Gasteiger partial charge in [0, 0.05) is 38.5 Å². The molecule has 0 amide bonds. The first-order valence-electron chi connectivity index (χ1n) is 8.10. The molecular weight excluding hydrogens is 292 g/mol. The Kier molecular flexibility index (Phi) is 4.93. The molecule has 1 saturated heterocycles. The molecule has 0 bridgehead atoms. The van der Waals surface area contributed by atoms with Gasteiger partial charge in [0.15, 0.2) is 0 Å². The van der Waals surface area contributed by atoms with E-state index in [1.807, 2.05) is 26.0 Å². The minimum Gasteiger partial charge on any atom is -0.468 e. The van der Waals surface area contributed by atoms with Crippen LogP contribution in [0.2, 0.25) is 0 Å². The molecule has 6 nitrogen and oxygen atoms in total. The zero-order valence-electron chi connectivity index (χ0n) is 13.8. The van der Waals surface area contributed by atoms with Gasteiger partial charge in [-0.25, -0.2) is 4.98 Å². The summed E-state index contributed by atoms with van der Waals surface area (Å²) in [7, 11) is 0. The Morgan fingerprint density at radius 2 is 2.22 bits per heavy atom. The molecule has 0 aliphatic carbocycles. The minimum atomic E-state index is 0.186. The van der Waals surface area contributed by atoms with Crippen molar-refractivity contribution >= 4 is 5.82 Å². The van der Waals surface area contributed by atoms with E-state index in [1.54, 1.807) is 12.5 Å². The normalized spacial score (nSPS) is 19.3. The van der Waals surface area contributed by atoms with Gasteiger partial charge in [0.05, 0.1) is 24.2 Å². The molecule has 1 aliphatic heterocycles. The summed E-state index contributed by atoms with van der Waals surface area (Å²) in [6.45, 7) is 7.60. The van der Waals surface area contributed by atoms with Crippen LogP contribution in [0.1, 0.15) is 23.6 Å². The van der Waals surface area contributed by atoms with E-state index in [0.717, 1.165) is 55.6 Å². The van der Waals surface area contributed by atoms with E-state index in [1.165, 1.54) is 0 Å². The van der Waals surface area contributed by atoms with Crippen molar-refractivity contribution in [3.05, 3.63) is 41.7 Å². The van der Waals surface area contributed by atoms with Crippen molar-refractivity contribution in [2.24, 2.45) is 0 Å². The van der Waals surface area contributed by atoms with E-state index in [0.29, 0.717) is 0 Å². The Balaban J connectivity index is 1.74. The van der Waals surface area contributed by atoms with Crippen molar-refractivity contribution in [2.45, 2.75) is 32.9 Å². The average molecular weight is 316 g/mol. The van der Waals surface area contributed by atoms with Gasteiger partial charge in [-0.1, -0.05) is 0 Å². The number of anilines is 1. The van der Waals surface area contributed by atoms with Gasteiger partial charge in [0.2, 0.25) is 0 Å². The van der Waals surface area contributed by atoms with E-state index in [2.05, 4.69) is 19.8 Å². The fourth-order valence-electron chi connectivity index (χ4n) is 3.14. The molecule has 1 unspecified atom stereocenters. The molecule has 3 heterocycles. The molecule has 0 aromatic carbocycles. The zero-order chi connectivity index (χ0) is 16.2. The van der Waals surface area contributed by atoms with Crippen molar-refractivity contribution in [1.82, 2.24) is 14.9 Å². The van der Waals surface area contributed by atoms with Crippen LogP contribution in [-0.4, -0.2) is 52.3 Å². The van der Waals surface area contributed by atoms with E-state index < -0.39 is 0 Å². The van der Waals surface area contributed by atoms with Crippen LogP contribution in [0.4, 0.5) is 5.82 Å². The number of hydrogen-bond donors (Lipinski definition) is 1. The molecule has 23 heavy (non-hydrogen) atoms. The number of aliphatic hydroxyl groups excluding tert-OH is 1. The number of aromatic nitrogens is 2. The van der Waals surface area contributed by atoms with Gasteiger partial charge in [0.25, 0.3) is 0 Å². The number of furan rings is 1. The summed E-state index contributed by atoms with van der Waals surface area (Å²) in [5.74, 6) is 1.93. The second-order valence-electron chi connectivity index (χ2n) is 6.08. The van der Waals surface area contributed by atoms with Crippen molar-refractivity contribution in [2.75, 3.05) is 31.1 Å². The molecule has 0 saturated carbocycles. The molecule has 1 aliphatic rings. The monoisotopic (exact) mass is 316 g/mol. The van der Waals surface area contributed by atoms with Crippen LogP contribution < -0.4 is 4.90 Å². The highest BCUT2D eigenvalue weighted by Gasteiger charge is 2.28. The van der Waals surface area contributed by atoms with E-state index in [4.69, 9.17) is 4.42 Å². The molecule has 124 valence electrons. The first-order valence-corrected chi connectivity index (χ1v) is 8.10. The molecule has 1 N–H and O–H groups in total. The van der Waals surface area contributed by atoms with Crippen LogP contribution in [-0.2, 0) is 6.54 Å². The second-order valence-corrected chi connectivity index (χ2v) is 6.08. The first kappa shape index (κ1) is 16.0. The van der Waals surface area contributed by atoms with Crippen LogP contribution in [0.3, 0.4) is 0 Å². The summed E-state index contributed by atoms with van der Waals surface area (Å²) >= 11 is 0. The Morgan fingerprint density at radius 3 is 2.96 bits per heavy atom. The molecule has 2 aromatic heterocycles. The molecule has 1 atom stereocenters. The predicted octanol–water partition coefficient (Wildman–Crippen LogP) is 1.76. The second kappa shape index (κ2) is 7.10. The molecule has 0 radical (unpaired) electrons. The van der Waals surface area contributed by atoms with Crippen molar-refractivity contribution in [3.63, 3.8) is 0 Å². The first-order chi connectivity index (χ1) is 11.2. The number of aryl methyl sites for hydroxylation is 2. The van der Waals surface area contributed by atoms with E-state index in [9.17, 15) is 5.11 Å². The lowest BCUT2D eigenvalue weighted by Gasteiger charge is -2.41. The molecular formula is C17H24N4O2. The summed E-state index contributed by atoms with van der Waals surface area (Å²) in [4.78, 5) is 13.7. The van der Waals surface area contributed by atoms with Crippen LogP contribution in [0.15, 0.2) is 29.0 Å². The third kappa shape index (κ3) is 3.71. The maximum absolute atomic E-state index is 9.42. The van der Waals surface area contributed by atoms with Gasteiger partial charge < -0.3 is 14.4 Å². The number of piperazine rings is 1. The van der Waals surface area contributed by atoms with Gasteiger partial charge in [-0.2, -0.15) is 0 Å². The summed E-state index contributed by atoms with van der Waals surface area (Å²) in [5.41, 5.74) is 1.89. The van der Waals surface area contributed by atoms with Crippen LogP contribution >= 0.6 is 0 Å². The van der Waals surface area contributed by atoms with Gasteiger partial charge >= 0.3 is 0 Å². The zero-order valence-corrected chi connectivity index (χ0v) is 13.8. The minimum absolute atomic E-state index is 0.186. The Labute approximate surface area is 136 Å². The number of rotatable bonds is 5. The third-order valence-electron chi connectivity index (χ3n) is 4.36. The van der Waals surface area contributed by atoms with Crippen molar-refractivity contribution in [3.8, 4) is 0 Å². The molecule has 6 heteroatoms. The summed E-state index contributed by atoms with van der Waals surface area (Å²) in [6.07, 6.45) is 4.25. The SMILES string of the molecule is Cc1cnc(C)c(N2CCN(Cc3ccco3)C(CCO)C2)n1. The fraction of sp³-hybridized carbons (Fsp3) is 0.529. The predicted molar refractivity (Wildman–Crippen MR) is 88.3 cm³/mol. The highest BCUT2D eigenvalue weighted by Crippen LogP contribution is 2.22. The molecule has 1 fully saturated rings. The smallest absolute Gasteiger partial charge is 0.150 e. The lowest BCUT2D eigenvalue weighted by molar-refractivity contribution is 0.127. The average Bonchev–Trinajstić information content (AvgIpc) is 3.05. The number of hydrogen-bond acceptors (Lipinski definition) is 6. The van der Waals surface area contributed by atoms with Gasteiger partial charge in [-0.3, -0.25) is 9.88 Å². The lowest BCUT2D eigenvalue weighted by Crippen LogP contribution is -2.53. The maximum Gasteiger partial charge on any atom is 0.150 e. The third-order valence-corrected chi connectivity index (χ3v) is 4.36. The fourth-order valence-corrected chi connectivity index (χ4v) is 3.14. The van der Waals surface area contributed by atoms with Crippen LogP contribution in [0.25, 0.3) is 0 Å². The number of aliphatic hydroxyl groups is 1.